The molecule has 0 aliphatic heterocycles. The van der Waals surface area contributed by atoms with E-state index in [1.165, 1.54) is 17.8 Å². The normalized spacial score (nSPS) is 10.5. The first-order valence-corrected chi connectivity index (χ1v) is 9.16. The first-order chi connectivity index (χ1) is 13.0. The maximum absolute atomic E-state index is 12.0. The molecule has 8 heteroatoms. The molecule has 0 aliphatic rings. The lowest BCUT2D eigenvalue weighted by atomic mass is 10.2. The SMILES string of the molecule is C=CCNC(=O)NC(=O)CSc1cc(C)c(C#N)c2nc3ccccc3n12. The van der Waals surface area contributed by atoms with Crippen LogP contribution < -0.4 is 10.6 Å². The van der Waals surface area contributed by atoms with Gasteiger partial charge < -0.3 is 5.32 Å². The number of carbonyl (C=O) groups is 2. The second-order valence-electron chi connectivity index (χ2n) is 5.75. The second-order valence-corrected chi connectivity index (χ2v) is 6.74. The van der Waals surface area contributed by atoms with E-state index in [1.54, 1.807) is 0 Å². The van der Waals surface area contributed by atoms with Crippen molar-refractivity contribution in [3.05, 3.63) is 54.1 Å². The van der Waals surface area contributed by atoms with Crippen LogP contribution in [0.2, 0.25) is 0 Å². The molecule has 0 spiro atoms. The Morgan fingerprint density at radius 1 is 1.41 bits per heavy atom. The summed E-state index contributed by atoms with van der Waals surface area (Å²) in [5, 5.41) is 15.0. The van der Waals surface area contributed by atoms with Crippen LogP contribution in [0.25, 0.3) is 16.7 Å². The molecule has 0 fully saturated rings. The van der Waals surface area contributed by atoms with Gasteiger partial charge in [-0.3, -0.25) is 14.5 Å². The van der Waals surface area contributed by atoms with Crippen molar-refractivity contribution >= 4 is 40.4 Å². The molecule has 0 unspecified atom stereocenters. The highest BCUT2D eigenvalue weighted by molar-refractivity contribution is 7.99. The number of imidazole rings is 1. The maximum atomic E-state index is 12.0. The number of aromatic nitrogens is 2. The van der Waals surface area contributed by atoms with Crippen LogP contribution in [0.4, 0.5) is 4.79 Å². The van der Waals surface area contributed by atoms with Gasteiger partial charge in [0, 0.05) is 6.54 Å². The average Bonchev–Trinajstić information content (AvgIpc) is 3.03. The number of pyridine rings is 1. The van der Waals surface area contributed by atoms with Gasteiger partial charge in [-0.25, -0.2) is 9.78 Å². The summed E-state index contributed by atoms with van der Waals surface area (Å²) < 4.78 is 1.87. The van der Waals surface area contributed by atoms with E-state index in [2.05, 4.69) is 28.3 Å². The number of nitrogens with one attached hydrogen (secondary N) is 2. The van der Waals surface area contributed by atoms with Gasteiger partial charge in [0.25, 0.3) is 0 Å². The third kappa shape index (κ3) is 3.78. The molecule has 0 bridgehead atoms. The summed E-state index contributed by atoms with van der Waals surface area (Å²) in [7, 11) is 0. The second kappa shape index (κ2) is 7.93. The van der Waals surface area contributed by atoms with Crippen LogP contribution in [0, 0.1) is 18.3 Å². The molecule has 136 valence electrons. The van der Waals surface area contributed by atoms with Gasteiger partial charge in [0.05, 0.1) is 27.4 Å². The quantitative estimate of drug-likeness (QED) is 0.525. The van der Waals surface area contributed by atoms with E-state index >= 15 is 0 Å². The van der Waals surface area contributed by atoms with Crippen molar-refractivity contribution in [3.8, 4) is 6.07 Å². The van der Waals surface area contributed by atoms with E-state index in [0.717, 1.165) is 21.6 Å². The van der Waals surface area contributed by atoms with E-state index < -0.39 is 11.9 Å². The molecule has 0 atom stereocenters. The summed E-state index contributed by atoms with van der Waals surface area (Å²) >= 11 is 1.28. The third-order valence-electron chi connectivity index (χ3n) is 3.86. The molecule has 0 saturated carbocycles. The van der Waals surface area contributed by atoms with Crippen molar-refractivity contribution in [1.82, 2.24) is 20.0 Å². The Morgan fingerprint density at radius 3 is 2.93 bits per heavy atom. The Labute approximate surface area is 160 Å². The number of rotatable bonds is 5. The van der Waals surface area contributed by atoms with Crippen molar-refractivity contribution in [1.29, 1.82) is 5.26 Å². The summed E-state index contributed by atoms with van der Waals surface area (Å²) in [6.07, 6.45) is 1.53. The fourth-order valence-corrected chi connectivity index (χ4v) is 3.60. The largest absolute Gasteiger partial charge is 0.334 e. The molecule has 2 aromatic heterocycles. The molecular weight excluding hydrogens is 362 g/mol. The van der Waals surface area contributed by atoms with Crippen molar-refractivity contribution in [2.24, 2.45) is 0 Å². The van der Waals surface area contributed by atoms with E-state index in [4.69, 9.17) is 0 Å². The Balaban J connectivity index is 1.91. The minimum Gasteiger partial charge on any atom is -0.334 e. The lowest BCUT2D eigenvalue weighted by Crippen LogP contribution is -2.40. The fraction of sp³-hybridized carbons (Fsp3) is 0.158. The van der Waals surface area contributed by atoms with Gasteiger partial charge in [-0.2, -0.15) is 5.26 Å². The number of thioether (sulfide) groups is 1. The summed E-state index contributed by atoms with van der Waals surface area (Å²) in [6, 6.07) is 11.1. The number of benzene rings is 1. The van der Waals surface area contributed by atoms with Gasteiger partial charge in [-0.15, -0.1) is 6.58 Å². The summed E-state index contributed by atoms with van der Waals surface area (Å²) in [5.41, 5.74) is 3.48. The van der Waals surface area contributed by atoms with Gasteiger partial charge in [-0.05, 0) is 30.7 Å². The average molecular weight is 379 g/mol. The predicted octanol–water partition coefficient (Wildman–Crippen LogP) is 2.77. The van der Waals surface area contributed by atoms with Crippen LogP contribution in [0.1, 0.15) is 11.1 Å². The zero-order valence-corrected chi connectivity index (χ0v) is 15.5. The van der Waals surface area contributed by atoms with Gasteiger partial charge >= 0.3 is 6.03 Å². The van der Waals surface area contributed by atoms with E-state index in [0.29, 0.717) is 11.2 Å². The van der Waals surface area contributed by atoms with Crippen LogP contribution in [0.5, 0.6) is 0 Å². The number of para-hydroxylation sites is 2. The number of urea groups is 1. The monoisotopic (exact) mass is 379 g/mol. The smallest absolute Gasteiger partial charge is 0.321 e. The molecular formula is C19H17N5O2S. The highest BCUT2D eigenvalue weighted by Crippen LogP contribution is 2.29. The number of hydrogen-bond donors (Lipinski definition) is 2. The molecule has 3 aromatic rings. The van der Waals surface area contributed by atoms with Crippen molar-refractivity contribution in [2.45, 2.75) is 11.9 Å². The lowest BCUT2D eigenvalue weighted by molar-refractivity contribution is -0.117. The van der Waals surface area contributed by atoms with Crippen LogP contribution in [-0.2, 0) is 4.79 Å². The Hall–Kier alpha value is -3.31. The summed E-state index contributed by atoms with van der Waals surface area (Å²) in [4.78, 5) is 28.2. The summed E-state index contributed by atoms with van der Waals surface area (Å²) in [5.74, 6) is -0.366. The number of nitrogens with zero attached hydrogens (tertiary/aromatic N) is 3. The molecule has 1 aromatic carbocycles. The van der Waals surface area contributed by atoms with Crippen LogP contribution >= 0.6 is 11.8 Å². The number of amides is 3. The molecule has 2 heterocycles. The van der Waals surface area contributed by atoms with Crippen LogP contribution in [0.15, 0.2) is 48.0 Å². The molecule has 0 saturated heterocycles. The van der Waals surface area contributed by atoms with Gasteiger partial charge in [0.1, 0.15) is 6.07 Å². The molecule has 0 radical (unpaired) electrons. The van der Waals surface area contributed by atoms with Crippen LogP contribution in [0.3, 0.4) is 0 Å². The molecule has 3 amide bonds. The predicted molar refractivity (Wildman–Crippen MR) is 105 cm³/mol. The van der Waals surface area contributed by atoms with Crippen molar-refractivity contribution in [3.63, 3.8) is 0 Å². The third-order valence-corrected chi connectivity index (χ3v) is 4.86. The van der Waals surface area contributed by atoms with Gasteiger partial charge in [0.2, 0.25) is 5.91 Å². The topological polar surface area (TPSA) is 99.3 Å². The van der Waals surface area contributed by atoms with E-state index in [1.807, 2.05) is 41.7 Å². The Bertz CT molecular complexity index is 1100. The zero-order valence-electron chi connectivity index (χ0n) is 14.7. The highest BCUT2D eigenvalue weighted by Gasteiger charge is 2.16. The van der Waals surface area contributed by atoms with E-state index in [-0.39, 0.29) is 12.3 Å². The van der Waals surface area contributed by atoms with Gasteiger partial charge in [-0.1, -0.05) is 30.0 Å². The van der Waals surface area contributed by atoms with Crippen LogP contribution in [-0.4, -0.2) is 33.6 Å². The number of aryl methyl sites for hydroxylation is 1. The molecule has 27 heavy (non-hydrogen) atoms. The number of hydrogen-bond acceptors (Lipinski definition) is 5. The minimum atomic E-state index is -0.560. The fourth-order valence-electron chi connectivity index (χ4n) is 2.67. The first kappa shape index (κ1) is 18.5. The number of imide groups is 1. The number of nitriles is 1. The van der Waals surface area contributed by atoms with Gasteiger partial charge in [0.15, 0.2) is 5.65 Å². The Morgan fingerprint density at radius 2 is 2.19 bits per heavy atom. The van der Waals surface area contributed by atoms with Crippen molar-refractivity contribution in [2.75, 3.05) is 12.3 Å². The zero-order chi connectivity index (χ0) is 19.4. The molecule has 3 rings (SSSR count). The Kier molecular flexibility index (Phi) is 5.43. The molecule has 7 nitrogen and oxygen atoms in total. The lowest BCUT2D eigenvalue weighted by Gasteiger charge is -2.10. The van der Waals surface area contributed by atoms with Crippen molar-refractivity contribution < 1.29 is 9.59 Å². The first-order valence-electron chi connectivity index (χ1n) is 8.17. The molecule has 2 N–H and O–H groups in total. The number of fused-ring (bicyclic) bond motifs is 3. The highest BCUT2D eigenvalue weighted by atomic mass is 32.2. The minimum absolute atomic E-state index is 0.0501. The molecule has 0 aliphatic carbocycles. The number of carbonyl (C=O) groups excluding carboxylic acids is 2. The maximum Gasteiger partial charge on any atom is 0.321 e. The van der Waals surface area contributed by atoms with E-state index in [9.17, 15) is 14.9 Å². The summed E-state index contributed by atoms with van der Waals surface area (Å²) in [6.45, 7) is 5.61. The standard InChI is InChI=1S/C19H17N5O2S/c1-3-8-21-19(26)23-16(25)11-27-17-9-12(2)13(10-20)18-22-14-6-4-5-7-15(14)24(17)18/h3-7,9H,1,8,11H2,2H3,(H2,21,23,25,26).